The van der Waals surface area contributed by atoms with Gasteiger partial charge in [-0.05, 0) is 31.6 Å². The smallest absolute Gasteiger partial charge is 0.317 e. The van der Waals surface area contributed by atoms with Gasteiger partial charge in [-0.25, -0.2) is 5.01 Å². The van der Waals surface area contributed by atoms with E-state index in [0.717, 1.165) is 19.4 Å². The number of hydrazone groups is 1. The third-order valence-electron chi connectivity index (χ3n) is 4.96. The minimum atomic E-state index is -0.799. The van der Waals surface area contributed by atoms with Crippen LogP contribution in [-0.4, -0.2) is 70.7 Å². The molecule has 3 aliphatic rings. The lowest BCUT2D eigenvalue weighted by Gasteiger charge is -2.42. The van der Waals surface area contributed by atoms with Crippen LogP contribution < -0.4 is 5.32 Å². The molecule has 8 nitrogen and oxygen atoms in total. The number of nitrogens with zero attached hydrogens (tertiary/aromatic N) is 3. The van der Waals surface area contributed by atoms with Gasteiger partial charge in [-0.2, -0.15) is 5.10 Å². The predicted octanol–water partition coefficient (Wildman–Crippen LogP) is 0.0384. The summed E-state index contributed by atoms with van der Waals surface area (Å²) in [4.78, 5) is 36.6. The average Bonchev–Trinajstić information content (AvgIpc) is 3.28. The first-order valence-corrected chi connectivity index (χ1v) is 8.53. The van der Waals surface area contributed by atoms with Gasteiger partial charge >= 0.3 is 5.97 Å². The van der Waals surface area contributed by atoms with Gasteiger partial charge in [0.05, 0.1) is 6.54 Å². The van der Waals surface area contributed by atoms with Crippen LogP contribution in [0.2, 0.25) is 0 Å². The molecule has 0 radical (unpaired) electrons. The van der Waals surface area contributed by atoms with Crippen LogP contribution >= 0.6 is 0 Å². The molecule has 2 saturated carbocycles. The van der Waals surface area contributed by atoms with E-state index in [1.165, 1.54) is 17.9 Å². The molecule has 8 heteroatoms. The molecule has 0 aromatic carbocycles. The number of nitrogens with one attached hydrogen (secondary N) is 1. The summed E-state index contributed by atoms with van der Waals surface area (Å²) in [6.07, 6.45) is 4.60. The van der Waals surface area contributed by atoms with Crippen molar-refractivity contribution < 1.29 is 19.5 Å². The summed E-state index contributed by atoms with van der Waals surface area (Å²) in [5, 5.41) is 17.2. The van der Waals surface area contributed by atoms with E-state index < -0.39 is 5.97 Å². The Bertz CT molecular complexity index is 566. The summed E-state index contributed by atoms with van der Waals surface area (Å²) >= 11 is 0. The van der Waals surface area contributed by atoms with E-state index in [0.29, 0.717) is 24.5 Å². The lowest BCUT2D eigenvalue weighted by atomic mass is 9.85. The van der Waals surface area contributed by atoms with Crippen molar-refractivity contribution >= 4 is 23.5 Å². The second kappa shape index (κ2) is 6.88. The van der Waals surface area contributed by atoms with Crippen LogP contribution in [0.3, 0.4) is 0 Å². The SMILES string of the molecule is CN1N=C(C(=O)NC2CC(N(CC(=O)O)CC3CC3)C2)CCC1=O. The fourth-order valence-electron chi connectivity index (χ4n) is 3.25. The standard InChI is InChI=1S/C16H24N4O4/c1-19-14(21)5-4-13(18-19)16(24)17-11-6-12(7-11)20(9-15(22)23)8-10-2-3-10/h10-12H,2-9H2,1H3,(H,17,24)(H,22,23). The van der Waals surface area contributed by atoms with Crippen LogP contribution in [0.15, 0.2) is 5.10 Å². The minimum Gasteiger partial charge on any atom is -0.480 e. The van der Waals surface area contributed by atoms with E-state index in [2.05, 4.69) is 10.4 Å². The molecule has 1 aliphatic heterocycles. The number of hydrogen-bond acceptors (Lipinski definition) is 5. The van der Waals surface area contributed by atoms with Crippen LogP contribution in [0.1, 0.15) is 38.5 Å². The molecule has 2 amide bonds. The molecule has 0 unspecified atom stereocenters. The van der Waals surface area contributed by atoms with E-state index in [1.54, 1.807) is 7.05 Å². The predicted molar refractivity (Wildman–Crippen MR) is 86.3 cm³/mol. The van der Waals surface area contributed by atoms with Crippen molar-refractivity contribution in [1.82, 2.24) is 15.2 Å². The van der Waals surface area contributed by atoms with Gasteiger partial charge in [-0.1, -0.05) is 0 Å². The number of carboxylic acid groups (broad SMARTS) is 1. The third-order valence-corrected chi connectivity index (χ3v) is 4.96. The van der Waals surface area contributed by atoms with E-state index in [9.17, 15) is 14.4 Å². The molecule has 24 heavy (non-hydrogen) atoms. The highest BCUT2D eigenvalue weighted by Gasteiger charge is 2.38. The molecule has 2 aliphatic carbocycles. The molecule has 2 fully saturated rings. The van der Waals surface area contributed by atoms with Crippen molar-refractivity contribution in [3.05, 3.63) is 0 Å². The summed E-state index contributed by atoms with van der Waals surface area (Å²) in [5.41, 5.74) is 0.390. The zero-order valence-electron chi connectivity index (χ0n) is 13.9. The molecular formula is C16H24N4O4. The van der Waals surface area contributed by atoms with E-state index in [-0.39, 0.29) is 30.4 Å². The van der Waals surface area contributed by atoms with Crippen LogP contribution in [0.25, 0.3) is 0 Å². The van der Waals surface area contributed by atoms with Crippen molar-refractivity contribution in [2.45, 2.75) is 50.6 Å². The van der Waals surface area contributed by atoms with E-state index in [1.807, 2.05) is 4.90 Å². The average molecular weight is 336 g/mol. The Balaban J connectivity index is 1.47. The molecular weight excluding hydrogens is 312 g/mol. The Morgan fingerprint density at radius 3 is 2.62 bits per heavy atom. The summed E-state index contributed by atoms with van der Waals surface area (Å²) in [6, 6.07) is 0.285. The van der Waals surface area contributed by atoms with Crippen molar-refractivity contribution in [2.24, 2.45) is 11.0 Å². The van der Waals surface area contributed by atoms with Gasteiger partial charge in [-0.15, -0.1) is 0 Å². The van der Waals surface area contributed by atoms with E-state index >= 15 is 0 Å². The zero-order valence-corrected chi connectivity index (χ0v) is 13.9. The van der Waals surface area contributed by atoms with Gasteiger partial charge in [-0.3, -0.25) is 19.3 Å². The summed E-state index contributed by atoms with van der Waals surface area (Å²) in [7, 11) is 1.55. The maximum atomic E-state index is 12.2. The Morgan fingerprint density at radius 2 is 2.04 bits per heavy atom. The quantitative estimate of drug-likeness (QED) is 0.683. The number of hydrogen-bond donors (Lipinski definition) is 2. The zero-order chi connectivity index (χ0) is 17.3. The maximum absolute atomic E-state index is 12.2. The normalized spacial score (nSPS) is 26.8. The molecule has 1 heterocycles. The van der Waals surface area contributed by atoms with Crippen LogP contribution in [-0.2, 0) is 14.4 Å². The van der Waals surface area contributed by atoms with Crippen molar-refractivity contribution in [3.63, 3.8) is 0 Å². The number of carbonyl (C=O) groups is 3. The molecule has 0 spiro atoms. The molecule has 0 aromatic heterocycles. The van der Waals surface area contributed by atoms with Gasteiger partial charge in [0.25, 0.3) is 5.91 Å². The van der Waals surface area contributed by atoms with Crippen molar-refractivity contribution in [3.8, 4) is 0 Å². The third kappa shape index (κ3) is 4.11. The highest BCUT2D eigenvalue weighted by molar-refractivity contribution is 6.39. The largest absolute Gasteiger partial charge is 0.480 e. The number of aliphatic carboxylic acids is 1. The van der Waals surface area contributed by atoms with Gasteiger partial charge in [0.1, 0.15) is 5.71 Å². The highest BCUT2D eigenvalue weighted by atomic mass is 16.4. The van der Waals surface area contributed by atoms with Gasteiger partial charge < -0.3 is 10.4 Å². The van der Waals surface area contributed by atoms with Crippen molar-refractivity contribution in [2.75, 3.05) is 20.1 Å². The molecule has 132 valence electrons. The first-order valence-electron chi connectivity index (χ1n) is 8.53. The first-order chi connectivity index (χ1) is 11.4. The van der Waals surface area contributed by atoms with E-state index in [4.69, 9.17) is 5.11 Å². The van der Waals surface area contributed by atoms with Gasteiger partial charge in [0.15, 0.2) is 0 Å². The van der Waals surface area contributed by atoms with Gasteiger partial charge in [0, 0.05) is 38.5 Å². The number of carbonyl (C=O) groups excluding carboxylic acids is 2. The van der Waals surface area contributed by atoms with Crippen LogP contribution in [0.4, 0.5) is 0 Å². The Kier molecular flexibility index (Phi) is 4.84. The second-order valence-corrected chi connectivity index (χ2v) is 7.03. The number of rotatable bonds is 7. The molecule has 0 saturated heterocycles. The molecule has 2 N–H and O–H groups in total. The lowest BCUT2D eigenvalue weighted by Crippen LogP contribution is -2.56. The lowest BCUT2D eigenvalue weighted by molar-refractivity contribution is -0.140. The van der Waals surface area contributed by atoms with Crippen LogP contribution in [0.5, 0.6) is 0 Å². The maximum Gasteiger partial charge on any atom is 0.317 e. The fourth-order valence-corrected chi connectivity index (χ4v) is 3.25. The number of amides is 2. The molecule has 0 atom stereocenters. The minimum absolute atomic E-state index is 0.0589. The Hall–Kier alpha value is -1.96. The molecule has 0 aromatic rings. The molecule has 0 bridgehead atoms. The van der Waals surface area contributed by atoms with Crippen LogP contribution in [0, 0.1) is 5.92 Å². The molecule has 3 rings (SSSR count). The van der Waals surface area contributed by atoms with Crippen molar-refractivity contribution in [1.29, 1.82) is 0 Å². The summed E-state index contributed by atoms with van der Waals surface area (Å²) in [5.74, 6) is -0.459. The Labute approximate surface area is 140 Å². The highest BCUT2D eigenvalue weighted by Crippen LogP contribution is 2.33. The Morgan fingerprint density at radius 1 is 1.33 bits per heavy atom. The fraction of sp³-hybridized carbons (Fsp3) is 0.750. The summed E-state index contributed by atoms with van der Waals surface area (Å²) in [6.45, 7) is 0.915. The second-order valence-electron chi connectivity index (χ2n) is 7.03. The number of carboxylic acids is 1. The monoisotopic (exact) mass is 336 g/mol. The first kappa shape index (κ1) is 16.9. The summed E-state index contributed by atoms with van der Waals surface area (Å²) < 4.78 is 0. The van der Waals surface area contributed by atoms with Gasteiger partial charge in [0.2, 0.25) is 5.91 Å². The topological polar surface area (TPSA) is 102 Å².